The lowest BCUT2D eigenvalue weighted by Gasteiger charge is -2.34. The third-order valence-electron chi connectivity index (χ3n) is 5.73. The molecule has 5 rings (SSSR count). The first-order valence-corrected chi connectivity index (χ1v) is 8.99. The van der Waals surface area contributed by atoms with Crippen molar-refractivity contribution in [2.45, 2.75) is 31.3 Å². The van der Waals surface area contributed by atoms with E-state index in [-0.39, 0.29) is 17.2 Å². The van der Waals surface area contributed by atoms with Gasteiger partial charge in [0.2, 0.25) is 0 Å². The molecule has 1 aromatic heterocycles. The van der Waals surface area contributed by atoms with Gasteiger partial charge in [0, 0.05) is 12.0 Å². The fourth-order valence-electron chi connectivity index (χ4n) is 4.49. The highest BCUT2D eigenvalue weighted by molar-refractivity contribution is 5.85. The van der Waals surface area contributed by atoms with Crippen molar-refractivity contribution < 1.29 is 9.90 Å². The van der Waals surface area contributed by atoms with E-state index in [1.807, 2.05) is 24.3 Å². The molecule has 0 radical (unpaired) electrons. The molecule has 2 aliphatic rings. The molecule has 2 atom stereocenters. The third-order valence-corrected chi connectivity index (χ3v) is 5.73. The van der Waals surface area contributed by atoms with Gasteiger partial charge in [0.15, 0.2) is 11.4 Å². The molecule has 0 bridgehead atoms. The molecule has 0 amide bonds. The molecule has 5 heteroatoms. The number of Topliss-reactive ketones (excluding diaryl/α,β-unsaturated/α-hetero) is 1. The van der Waals surface area contributed by atoms with E-state index in [0.29, 0.717) is 35.0 Å². The zero-order valence-corrected chi connectivity index (χ0v) is 14.2. The van der Waals surface area contributed by atoms with Crippen molar-refractivity contribution in [1.82, 2.24) is 9.55 Å². The van der Waals surface area contributed by atoms with E-state index >= 15 is 0 Å². The molecule has 26 heavy (non-hydrogen) atoms. The predicted octanol–water partition coefficient (Wildman–Crippen LogP) is 2.69. The van der Waals surface area contributed by atoms with Crippen LogP contribution >= 0.6 is 0 Å². The summed E-state index contributed by atoms with van der Waals surface area (Å²) < 4.78 is 1.49. The standard InChI is InChI=1S/C21H18N2O3/c24-18-12-6-3-9-15(18)21(26)14-8-2-5-11-17(14)23-19(25)13-7-1-4-10-16(13)22-20(21)23/h1-2,4-5,7-8,10-11,15,26H,3,6,9,12H2. The van der Waals surface area contributed by atoms with Crippen LogP contribution in [0.3, 0.4) is 0 Å². The molecule has 2 unspecified atom stereocenters. The summed E-state index contributed by atoms with van der Waals surface area (Å²) in [5.74, 6) is -0.258. The number of hydrogen-bond acceptors (Lipinski definition) is 4. The molecular formula is C21H18N2O3. The summed E-state index contributed by atoms with van der Waals surface area (Å²) >= 11 is 0. The average molecular weight is 346 g/mol. The highest BCUT2D eigenvalue weighted by Crippen LogP contribution is 2.47. The van der Waals surface area contributed by atoms with E-state index in [9.17, 15) is 14.7 Å². The molecule has 0 spiro atoms. The largest absolute Gasteiger partial charge is 0.376 e. The number of nitrogens with zero attached hydrogens (tertiary/aromatic N) is 2. The number of para-hydroxylation sites is 2. The highest BCUT2D eigenvalue weighted by atomic mass is 16.3. The Hall–Kier alpha value is -2.79. The maximum atomic E-state index is 13.2. The summed E-state index contributed by atoms with van der Waals surface area (Å²) in [4.78, 5) is 30.5. The zero-order valence-electron chi connectivity index (χ0n) is 14.2. The lowest BCUT2D eigenvalue weighted by molar-refractivity contribution is -0.133. The monoisotopic (exact) mass is 346 g/mol. The van der Waals surface area contributed by atoms with Crippen LogP contribution in [-0.2, 0) is 10.4 Å². The fourth-order valence-corrected chi connectivity index (χ4v) is 4.49. The van der Waals surface area contributed by atoms with E-state index in [1.165, 1.54) is 4.57 Å². The second-order valence-electron chi connectivity index (χ2n) is 7.14. The van der Waals surface area contributed by atoms with E-state index in [1.54, 1.807) is 24.3 Å². The molecule has 1 aliphatic heterocycles. The van der Waals surface area contributed by atoms with Gasteiger partial charge < -0.3 is 5.11 Å². The second kappa shape index (κ2) is 5.35. The van der Waals surface area contributed by atoms with E-state index in [0.717, 1.165) is 12.8 Å². The van der Waals surface area contributed by atoms with E-state index < -0.39 is 11.5 Å². The van der Waals surface area contributed by atoms with Crippen LogP contribution in [-0.4, -0.2) is 20.4 Å². The van der Waals surface area contributed by atoms with Crippen LogP contribution in [0, 0.1) is 5.92 Å². The van der Waals surface area contributed by atoms with Crippen molar-refractivity contribution in [2.24, 2.45) is 5.92 Å². The topological polar surface area (TPSA) is 72.2 Å². The number of aliphatic hydroxyl groups is 1. The van der Waals surface area contributed by atoms with E-state index in [2.05, 4.69) is 4.98 Å². The van der Waals surface area contributed by atoms with Crippen LogP contribution in [0.4, 0.5) is 0 Å². The van der Waals surface area contributed by atoms with Crippen molar-refractivity contribution >= 4 is 16.7 Å². The molecule has 130 valence electrons. The molecule has 5 nitrogen and oxygen atoms in total. The lowest BCUT2D eigenvalue weighted by Crippen LogP contribution is -2.42. The van der Waals surface area contributed by atoms with Gasteiger partial charge in [0.1, 0.15) is 5.78 Å². The first-order chi connectivity index (χ1) is 12.6. The molecule has 1 saturated carbocycles. The number of benzene rings is 2. The van der Waals surface area contributed by atoms with Crippen LogP contribution in [0.2, 0.25) is 0 Å². The first-order valence-electron chi connectivity index (χ1n) is 8.99. The van der Waals surface area contributed by atoms with Crippen molar-refractivity contribution in [3.8, 4) is 5.69 Å². The number of carbonyl (C=O) groups is 1. The Morgan fingerprint density at radius 1 is 1.04 bits per heavy atom. The molecule has 1 N–H and O–H groups in total. The summed E-state index contributed by atoms with van der Waals surface area (Å²) in [6.45, 7) is 0. The van der Waals surface area contributed by atoms with Crippen molar-refractivity contribution in [3.05, 3.63) is 70.3 Å². The van der Waals surface area contributed by atoms with Gasteiger partial charge in [-0.2, -0.15) is 0 Å². The van der Waals surface area contributed by atoms with Crippen LogP contribution in [0.5, 0.6) is 0 Å². The Morgan fingerprint density at radius 2 is 1.81 bits per heavy atom. The molecule has 2 heterocycles. The Bertz CT molecular complexity index is 1120. The number of rotatable bonds is 1. The third kappa shape index (κ3) is 1.86. The summed E-state index contributed by atoms with van der Waals surface area (Å²) in [5, 5.41) is 12.3. The van der Waals surface area contributed by atoms with Gasteiger partial charge in [-0.1, -0.05) is 36.8 Å². The maximum Gasteiger partial charge on any atom is 0.266 e. The molecule has 0 saturated heterocycles. The van der Waals surface area contributed by atoms with Crippen molar-refractivity contribution in [1.29, 1.82) is 0 Å². The van der Waals surface area contributed by atoms with Crippen LogP contribution < -0.4 is 5.56 Å². The van der Waals surface area contributed by atoms with Crippen LogP contribution in [0.15, 0.2) is 53.3 Å². The molecule has 3 aromatic rings. The van der Waals surface area contributed by atoms with Gasteiger partial charge in [0.05, 0.1) is 22.5 Å². The average Bonchev–Trinajstić information content (AvgIpc) is 2.93. The Labute approximate surface area is 149 Å². The second-order valence-corrected chi connectivity index (χ2v) is 7.14. The normalized spacial score (nSPS) is 24.5. The minimum atomic E-state index is -1.56. The summed E-state index contributed by atoms with van der Waals surface area (Å²) in [6.07, 6.45) is 2.81. The maximum absolute atomic E-state index is 13.2. The Kier molecular flexibility index (Phi) is 3.18. The number of carbonyl (C=O) groups excluding carboxylic acids is 1. The zero-order chi connectivity index (χ0) is 17.9. The molecule has 1 aliphatic carbocycles. The SMILES string of the molecule is O=C1CCCCC1C1(O)c2ccccc2-n2c1nc1ccccc1c2=O. The minimum Gasteiger partial charge on any atom is -0.376 e. The fraction of sp³-hybridized carbons (Fsp3) is 0.286. The van der Waals surface area contributed by atoms with Gasteiger partial charge in [-0.3, -0.25) is 14.2 Å². The smallest absolute Gasteiger partial charge is 0.266 e. The number of hydrogen-bond donors (Lipinski definition) is 1. The highest BCUT2D eigenvalue weighted by Gasteiger charge is 2.52. The molecule has 1 fully saturated rings. The van der Waals surface area contributed by atoms with Crippen molar-refractivity contribution in [2.75, 3.05) is 0 Å². The van der Waals surface area contributed by atoms with E-state index in [4.69, 9.17) is 0 Å². The number of ketones is 1. The van der Waals surface area contributed by atoms with Gasteiger partial charge in [-0.15, -0.1) is 0 Å². The van der Waals surface area contributed by atoms with Gasteiger partial charge >= 0.3 is 0 Å². The van der Waals surface area contributed by atoms with Gasteiger partial charge in [-0.05, 0) is 31.0 Å². The summed E-state index contributed by atoms with van der Waals surface area (Å²) in [6, 6.07) is 14.4. The number of aromatic nitrogens is 2. The quantitative estimate of drug-likeness (QED) is 0.735. The first kappa shape index (κ1) is 15.5. The molecular weight excluding hydrogens is 328 g/mol. The van der Waals surface area contributed by atoms with Crippen LogP contribution in [0.1, 0.15) is 37.1 Å². The van der Waals surface area contributed by atoms with Crippen molar-refractivity contribution in [3.63, 3.8) is 0 Å². The predicted molar refractivity (Wildman–Crippen MR) is 97.3 cm³/mol. The van der Waals surface area contributed by atoms with Crippen LogP contribution in [0.25, 0.3) is 16.6 Å². The summed E-state index contributed by atoms with van der Waals surface area (Å²) in [7, 11) is 0. The Balaban J connectivity index is 1.89. The van der Waals surface area contributed by atoms with Gasteiger partial charge in [0.25, 0.3) is 5.56 Å². The lowest BCUT2D eigenvalue weighted by atomic mass is 9.73. The van der Waals surface area contributed by atoms with Gasteiger partial charge in [-0.25, -0.2) is 4.98 Å². The minimum absolute atomic E-state index is 0.0458. The number of fused-ring (bicyclic) bond motifs is 4. The summed E-state index contributed by atoms with van der Waals surface area (Å²) in [5.41, 5.74) is -0.0145. The molecule has 2 aromatic carbocycles. The Morgan fingerprint density at radius 3 is 2.65 bits per heavy atom.